The Balaban J connectivity index is 1.67. The Labute approximate surface area is 197 Å². The predicted octanol–water partition coefficient (Wildman–Crippen LogP) is 4.81. The van der Waals surface area contributed by atoms with Crippen molar-refractivity contribution in [3.8, 4) is 11.4 Å². The second-order valence-electron chi connectivity index (χ2n) is 7.45. The number of nitrogens with zero attached hydrogens (tertiary/aromatic N) is 3. The monoisotopic (exact) mass is 477 g/mol. The molecule has 3 aromatic carbocycles. The molecule has 2 aromatic heterocycles. The quantitative estimate of drug-likeness (QED) is 0.218. The van der Waals surface area contributed by atoms with Gasteiger partial charge in [-0.3, -0.25) is 10.2 Å². The summed E-state index contributed by atoms with van der Waals surface area (Å²) in [6.07, 6.45) is 0. The molecule has 0 fully saturated rings. The third kappa shape index (κ3) is 3.59. The van der Waals surface area contributed by atoms with Crippen molar-refractivity contribution < 1.29 is 0 Å². The number of anilines is 2. The molecule has 5 rings (SSSR count). The molecule has 33 heavy (non-hydrogen) atoms. The summed E-state index contributed by atoms with van der Waals surface area (Å²) < 4.78 is 1.77. The molecule has 0 unspecified atom stereocenters. The lowest BCUT2D eigenvalue weighted by Crippen LogP contribution is -2.13. The first kappa shape index (κ1) is 21.0. The number of imidazole rings is 1. The van der Waals surface area contributed by atoms with Crippen LogP contribution in [0.3, 0.4) is 0 Å². The van der Waals surface area contributed by atoms with E-state index in [-0.39, 0.29) is 11.4 Å². The molecule has 0 aliphatic rings. The van der Waals surface area contributed by atoms with Gasteiger partial charge < -0.3 is 20.6 Å². The van der Waals surface area contributed by atoms with Crippen LogP contribution in [0.2, 0.25) is 10.0 Å². The number of amidine groups is 1. The minimum absolute atomic E-state index is 0.0600. The lowest BCUT2D eigenvalue weighted by Gasteiger charge is -2.10. The molecule has 8 nitrogen and oxygen atoms in total. The maximum absolute atomic E-state index is 13.2. The van der Waals surface area contributed by atoms with Gasteiger partial charge in [-0.15, -0.1) is 0 Å². The number of aromatic amines is 1. The van der Waals surface area contributed by atoms with Crippen LogP contribution in [0.25, 0.3) is 33.3 Å². The van der Waals surface area contributed by atoms with E-state index in [1.807, 2.05) is 0 Å². The molecule has 2 heterocycles. The summed E-state index contributed by atoms with van der Waals surface area (Å²) in [4.78, 5) is 25.3. The van der Waals surface area contributed by atoms with E-state index in [0.29, 0.717) is 60.6 Å². The molecule has 0 radical (unpaired) electrons. The van der Waals surface area contributed by atoms with Gasteiger partial charge >= 0.3 is 0 Å². The Hall–Kier alpha value is -3.88. The minimum Gasteiger partial charge on any atom is -0.384 e. The van der Waals surface area contributed by atoms with Crippen LogP contribution in [0.5, 0.6) is 0 Å². The van der Waals surface area contributed by atoms with E-state index in [0.717, 1.165) is 0 Å². The topological polar surface area (TPSA) is 125 Å². The van der Waals surface area contributed by atoms with Crippen molar-refractivity contribution in [3.63, 3.8) is 0 Å². The number of fused-ring (bicyclic) bond motifs is 3. The third-order valence-corrected chi connectivity index (χ3v) is 5.98. The Bertz CT molecular complexity index is 1620. The molecule has 0 spiro atoms. The molecule has 5 N–H and O–H groups in total. The zero-order valence-electron chi connectivity index (χ0n) is 17.3. The zero-order chi connectivity index (χ0) is 23.3. The van der Waals surface area contributed by atoms with Gasteiger partial charge in [-0.05, 0) is 30.3 Å². The van der Waals surface area contributed by atoms with E-state index in [9.17, 15) is 4.79 Å². The highest BCUT2D eigenvalue weighted by atomic mass is 35.5. The molecule has 0 atom stereocenters. The Morgan fingerprint density at radius 3 is 2.48 bits per heavy atom. The van der Waals surface area contributed by atoms with Crippen LogP contribution in [0.4, 0.5) is 11.6 Å². The van der Waals surface area contributed by atoms with Gasteiger partial charge in [0.25, 0.3) is 5.56 Å². The van der Waals surface area contributed by atoms with Crippen molar-refractivity contribution >= 4 is 62.6 Å². The summed E-state index contributed by atoms with van der Waals surface area (Å²) in [6.45, 7) is 0. The molecule has 0 aliphatic heterocycles. The number of nitrogens with two attached hydrogens (primary N) is 1. The number of aromatic nitrogens is 4. The highest BCUT2D eigenvalue weighted by Gasteiger charge is 2.17. The van der Waals surface area contributed by atoms with Crippen molar-refractivity contribution in [2.24, 2.45) is 12.8 Å². The summed E-state index contributed by atoms with van der Waals surface area (Å²) in [5.74, 6) is 0.804. The zero-order valence-corrected chi connectivity index (χ0v) is 18.8. The first-order valence-electron chi connectivity index (χ1n) is 9.89. The molecule has 0 saturated heterocycles. The number of benzene rings is 3. The summed E-state index contributed by atoms with van der Waals surface area (Å²) >= 11 is 12.6. The third-order valence-electron chi connectivity index (χ3n) is 5.35. The molecule has 5 aromatic rings. The number of aryl methyl sites for hydroxylation is 1. The predicted molar refractivity (Wildman–Crippen MR) is 133 cm³/mol. The molecule has 0 bridgehead atoms. The molecule has 164 valence electrons. The smallest absolute Gasteiger partial charge is 0.261 e. The largest absolute Gasteiger partial charge is 0.384 e. The van der Waals surface area contributed by atoms with Crippen molar-refractivity contribution in [1.29, 1.82) is 5.41 Å². The fraction of sp³-hybridized carbons (Fsp3) is 0.0435. The van der Waals surface area contributed by atoms with Crippen molar-refractivity contribution in [1.82, 2.24) is 19.5 Å². The molecule has 0 aliphatic carbocycles. The van der Waals surface area contributed by atoms with Gasteiger partial charge in [0.1, 0.15) is 11.7 Å². The molecular weight excluding hydrogens is 461 g/mol. The van der Waals surface area contributed by atoms with Crippen LogP contribution < -0.4 is 16.6 Å². The number of hydrogen-bond donors (Lipinski definition) is 4. The van der Waals surface area contributed by atoms with E-state index < -0.39 is 0 Å². The standard InChI is InChI=1S/C23H17Cl2N7O/c1-32-19-16(29-23(32)30-18-13(24)6-3-7-14(18)25)9-8-15-17(19)22(33)31-21(28-15)12-5-2-4-11(10-12)20(26)27/h2-10H,1H3,(H3,26,27)(H,29,30)(H,28,31,33). The Morgan fingerprint density at radius 2 is 1.76 bits per heavy atom. The lowest BCUT2D eigenvalue weighted by atomic mass is 10.1. The molecule has 10 heteroatoms. The number of para-hydroxylation sites is 1. The van der Waals surface area contributed by atoms with Crippen LogP contribution in [0.15, 0.2) is 59.4 Å². The fourth-order valence-electron chi connectivity index (χ4n) is 3.74. The number of rotatable bonds is 4. The van der Waals surface area contributed by atoms with Crippen molar-refractivity contribution in [2.45, 2.75) is 0 Å². The number of H-pyrrole nitrogens is 1. The first-order valence-corrected chi connectivity index (χ1v) is 10.6. The average Bonchev–Trinajstić information content (AvgIpc) is 3.11. The summed E-state index contributed by atoms with van der Waals surface area (Å²) in [7, 11) is 1.80. The molecule has 0 saturated carbocycles. The van der Waals surface area contributed by atoms with Gasteiger partial charge in [-0.2, -0.15) is 0 Å². The Morgan fingerprint density at radius 1 is 1.06 bits per heavy atom. The van der Waals surface area contributed by atoms with Gasteiger partial charge in [-0.25, -0.2) is 9.97 Å². The highest BCUT2D eigenvalue weighted by Crippen LogP contribution is 2.34. The van der Waals surface area contributed by atoms with Crippen LogP contribution in [0.1, 0.15) is 5.56 Å². The van der Waals surface area contributed by atoms with E-state index in [1.165, 1.54) is 0 Å². The normalized spacial score (nSPS) is 11.2. The van der Waals surface area contributed by atoms with Gasteiger partial charge in [0.05, 0.1) is 37.7 Å². The highest BCUT2D eigenvalue weighted by molar-refractivity contribution is 6.39. The second kappa shape index (κ2) is 7.91. The first-order chi connectivity index (χ1) is 15.8. The summed E-state index contributed by atoms with van der Waals surface area (Å²) in [5.41, 5.74) is 8.78. The van der Waals surface area contributed by atoms with Gasteiger partial charge in [-0.1, -0.05) is 47.5 Å². The minimum atomic E-state index is -0.306. The fourth-order valence-corrected chi connectivity index (χ4v) is 4.23. The van der Waals surface area contributed by atoms with Gasteiger partial charge in [0, 0.05) is 18.2 Å². The number of halogens is 2. The van der Waals surface area contributed by atoms with Gasteiger partial charge in [0.15, 0.2) is 0 Å². The number of hydrogen-bond acceptors (Lipinski definition) is 5. The van der Waals surface area contributed by atoms with Crippen LogP contribution in [0, 0.1) is 5.41 Å². The van der Waals surface area contributed by atoms with Crippen LogP contribution in [-0.4, -0.2) is 25.4 Å². The maximum Gasteiger partial charge on any atom is 0.261 e. The summed E-state index contributed by atoms with van der Waals surface area (Å²) in [5, 5.41) is 12.1. The second-order valence-corrected chi connectivity index (χ2v) is 8.27. The van der Waals surface area contributed by atoms with Crippen molar-refractivity contribution in [2.75, 3.05) is 5.32 Å². The molecular formula is C23H17Cl2N7O. The van der Waals surface area contributed by atoms with Gasteiger partial charge in [0.2, 0.25) is 5.95 Å². The maximum atomic E-state index is 13.2. The number of nitrogens with one attached hydrogen (secondary N) is 3. The molecule has 0 amide bonds. The van der Waals surface area contributed by atoms with Crippen LogP contribution in [-0.2, 0) is 7.05 Å². The SMILES string of the molecule is Cn1c(Nc2c(Cl)cccc2Cl)nc2ccc3nc(-c4cccc(C(=N)N)c4)[nH]c(=O)c3c21. The van der Waals surface area contributed by atoms with Crippen molar-refractivity contribution in [3.05, 3.63) is 80.6 Å². The van der Waals surface area contributed by atoms with E-state index >= 15 is 0 Å². The average molecular weight is 478 g/mol. The van der Waals surface area contributed by atoms with E-state index in [1.54, 1.807) is 66.2 Å². The van der Waals surface area contributed by atoms with Crippen LogP contribution >= 0.6 is 23.2 Å². The van der Waals surface area contributed by atoms with E-state index in [2.05, 4.69) is 20.3 Å². The van der Waals surface area contributed by atoms with E-state index in [4.69, 9.17) is 34.3 Å². The Kier molecular flexibility index (Phi) is 5.03. The number of nitrogen functional groups attached to an aromatic ring is 1. The summed E-state index contributed by atoms with van der Waals surface area (Å²) in [6, 6.07) is 15.8. The lowest BCUT2D eigenvalue weighted by molar-refractivity contribution is 0.960.